The molecule has 0 spiro atoms. The minimum atomic E-state index is -1.07. The summed E-state index contributed by atoms with van der Waals surface area (Å²) in [6.07, 6.45) is 0.335. The predicted molar refractivity (Wildman–Crippen MR) is 42.9 cm³/mol. The topological polar surface area (TPSA) is 86.2 Å². The molecule has 0 saturated heterocycles. The van der Waals surface area contributed by atoms with Crippen molar-refractivity contribution < 1.29 is 14.1 Å². The van der Waals surface area contributed by atoms with E-state index in [0.717, 1.165) is 12.1 Å². The minimum absolute atomic E-state index is 0.0944. The monoisotopic (exact) mass is 184 g/mol. The molecular weight excluding hydrogens is 179 g/mol. The largest absolute Gasteiger partial charge is 0.398 e. The summed E-state index contributed by atoms with van der Waals surface area (Å²) in [5, 5.41) is 10.2. The first kappa shape index (κ1) is 9.11. The summed E-state index contributed by atoms with van der Waals surface area (Å²) >= 11 is 0. The first-order chi connectivity index (χ1) is 6.06. The Morgan fingerprint density at radius 3 is 2.62 bits per heavy atom. The van der Waals surface area contributed by atoms with Crippen molar-refractivity contribution in [3.63, 3.8) is 0 Å². The lowest BCUT2D eigenvalue weighted by Crippen LogP contribution is -1.99. The Labute approximate surface area is 72.1 Å². The van der Waals surface area contributed by atoms with E-state index in [2.05, 4.69) is 0 Å². The molecule has 0 aromatic heterocycles. The van der Waals surface area contributed by atoms with Crippen molar-refractivity contribution in [2.75, 3.05) is 5.73 Å². The highest BCUT2D eigenvalue weighted by atomic mass is 19.1. The third-order valence-corrected chi connectivity index (χ3v) is 1.48. The van der Waals surface area contributed by atoms with E-state index in [9.17, 15) is 19.3 Å². The third kappa shape index (κ3) is 1.61. The van der Waals surface area contributed by atoms with Crippen molar-refractivity contribution in [1.82, 2.24) is 0 Å². The molecule has 0 bridgehead atoms. The lowest BCUT2D eigenvalue weighted by atomic mass is 10.2. The molecule has 0 aliphatic rings. The first-order valence-corrected chi connectivity index (χ1v) is 3.25. The Balaban J connectivity index is 3.36. The summed E-state index contributed by atoms with van der Waals surface area (Å²) in [5.41, 5.74) is 4.30. The second-order valence-electron chi connectivity index (χ2n) is 2.31. The minimum Gasteiger partial charge on any atom is -0.398 e. The number of benzene rings is 1. The molecule has 1 aromatic carbocycles. The van der Waals surface area contributed by atoms with E-state index in [1.165, 1.54) is 0 Å². The van der Waals surface area contributed by atoms with E-state index in [0.29, 0.717) is 6.29 Å². The van der Waals surface area contributed by atoms with Gasteiger partial charge in [0.2, 0.25) is 5.82 Å². The van der Waals surface area contributed by atoms with Crippen LogP contribution in [-0.4, -0.2) is 11.2 Å². The van der Waals surface area contributed by atoms with Gasteiger partial charge in [0.05, 0.1) is 4.92 Å². The van der Waals surface area contributed by atoms with Crippen LogP contribution in [0, 0.1) is 15.9 Å². The van der Waals surface area contributed by atoms with Gasteiger partial charge in [0.1, 0.15) is 0 Å². The smallest absolute Gasteiger partial charge is 0.306 e. The van der Waals surface area contributed by atoms with Gasteiger partial charge in [-0.05, 0) is 6.07 Å². The Morgan fingerprint density at radius 1 is 1.54 bits per heavy atom. The Morgan fingerprint density at radius 2 is 2.15 bits per heavy atom. The molecule has 0 aliphatic heterocycles. The van der Waals surface area contributed by atoms with Gasteiger partial charge in [-0.2, -0.15) is 4.39 Å². The number of anilines is 1. The fourth-order valence-corrected chi connectivity index (χ4v) is 0.835. The van der Waals surface area contributed by atoms with E-state index in [4.69, 9.17) is 5.73 Å². The van der Waals surface area contributed by atoms with E-state index >= 15 is 0 Å². The van der Waals surface area contributed by atoms with Crippen molar-refractivity contribution in [3.8, 4) is 0 Å². The predicted octanol–water partition coefficient (Wildman–Crippen LogP) is 1.13. The standard InChI is InChI=1S/C7H5FN2O3/c8-5-1-4(3-11)6(9)2-7(5)10(12)13/h1-3H,9H2. The molecule has 0 aliphatic carbocycles. The van der Waals surface area contributed by atoms with E-state index < -0.39 is 16.4 Å². The molecule has 0 radical (unpaired) electrons. The average Bonchev–Trinajstić information content (AvgIpc) is 2.07. The number of nitro groups is 1. The number of nitrogens with two attached hydrogens (primary N) is 1. The summed E-state index contributed by atoms with van der Waals surface area (Å²) in [4.78, 5) is 19.5. The van der Waals surface area contributed by atoms with Crippen LogP contribution in [0.15, 0.2) is 12.1 Å². The van der Waals surface area contributed by atoms with Crippen molar-refractivity contribution in [1.29, 1.82) is 0 Å². The number of carbonyl (C=O) groups is 1. The second kappa shape index (κ2) is 3.18. The van der Waals surface area contributed by atoms with E-state index in [1.807, 2.05) is 0 Å². The lowest BCUT2D eigenvalue weighted by molar-refractivity contribution is -0.387. The highest BCUT2D eigenvalue weighted by molar-refractivity contribution is 5.84. The molecule has 0 fully saturated rings. The zero-order valence-corrected chi connectivity index (χ0v) is 6.36. The number of hydrogen-bond donors (Lipinski definition) is 1. The number of nitrogens with zero attached hydrogens (tertiary/aromatic N) is 1. The van der Waals surface area contributed by atoms with Gasteiger partial charge in [-0.3, -0.25) is 14.9 Å². The highest BCUT2D eigenvalue weighted by Gasteiger charge is 2.16. The molecule has 0 saturated carbocycles. The summed E-state index contributed by atoms with van der Waals surface area (Å²) in [7, 11) is 0. The van der Waals surface area contributed by atoms with Crippen molar-refractivity contribution in [3.05, 3.63) is 33.6 Å². The maximum absolute atomic E-state index is 12.8. The molecule has 0 unspecified atom stereocenters. The van der Waals surface area contributed by atoms with Gasteiger partial charge < -0.3 is 5.73 Å². The molecule has 0 amide bonds. The van der Waals surface area contributed by atoms with Crippen LogP contribution in [-0.2, 0) is 0 Å². The van der Waals surface area contributed by atoms with Crippen molar-refractivity contribution in [2.45, 2.75) is 0 Å². The van der Waals surface area contributed by atoms with Crippen LogP contribution in [0.25, 0.3) is 0 Å². The van der Waals surface area contributed by atoms with Gasteiger partial charge in [0, 0.05) is 17.3 Å². The van der Waals surface area contributed by atoms with E-state index in [-0.39, 0.29) is 11.3 Å². The fourth-order valence-electron chi connectivity index (χ4n) is 0.835. The number of aldehydes is 1. The van der Waals surface area contributed by atoms with Gasteiger partial charge in [-0.15, -0.1) is 0 Å². The van der Waals surface area contributed by atoms with Crippen LogP contribution in [0.3, 0.4) is 0 Å². The molecule has 68 valence electrons. The van der Waals surface area contributed by atoms with Crippen LogP contribution in [0.4, 0.5) is 15.8 Å². The van der Waals surface area contributed by atoms with Gasteiger partial charge in [-0.25, -0.2) is 0 Å². The maximum Gasteiger partial charge on any atom is 0.306 e. The first-order valence-electron chi connectivity index (χ1n) is 3.25. The normalized spacial score (nSPS) is 9.62. The maximum atomic E-state index is 12.8. The van der Waals surface area contributed by atoms with E-state index in [1.54, 1.807) is 0 Å². The zero-order chi connectivity index (χ0) is 10.0. The molecule has 5 nitrogen and oxygen atoms in total. The SMILES string of the molecule is Nc1cc([N+](=O)[O-])c(F)cc1C=O. The summed E-state index contributed by atoms with van der Waals surface area (Å²) < 4.78 is 12.8. The second-order valence-corrected chi connectivity index (χ2v) is 2.31. The van der Waals surface area contributed by atoms with Gasteiger partial charge in [-0.1, -0.05) is 0 Å². The Bertz CT molecular complexity index is 378. The number of nitro benzene ring substituents is 1. The quantitative estimate of drug-likeness (QED) is 0.323. The van der Waals surface area contributed by atoms with Gasteiger partial charge in [0.25, 0.3) is 0 Å². The number of carbonyl (C=O) groups excluding carboxylic acids is 1. The van der Waals surface area contributed by atoms with Crippen LogP contribution >= 0.6 is 0 Å². The van der Waals surface area contributed by atoms with Crippen LogP contribution in [0.5, 0.6) is 0 Å². The summed E-state index contributed by atoms with van der Waals surface area (Å²) in [5.74, 6) is -1.07. The number of nitrogen functional groups attached to an aromatic ring is 1. The van der Waals surface area contributed by atoms with Crippen LogP contribution in [0.2, 0.25) is 0 Å². The zero-order valence-electron chi connectivity index (χ0n) is 6.36. The Hall–Kier alpha value is -1.98. The number of rotatable bonds is 2. The number of halogens is 1. The number of hydrogen-bond acceptors (Lipinski definition) is 4. The van der Waals surface area contributed by atoms with Gasteiger partial charge >= 0.3 is 5.69 Å². The fraction of sp³-hybridized carbons (Fsp3) is 0. The third-order valence-electron chi connectivity index (χ3n) is 1.48. The van der Waals surface area contributed by atoms with Gasteiger partial charge in [0.15, 0.2) is 6.29 Å². The molecule has 1 rings (SSSR count). The molecule has 13 heavy (non-hydrogen) atoms. The molecule has 2 N–H and O–H groups in total. The van der Waals surface area contributed by atoms with Crippen molar-refractivity contribution in [2.24, 2.45) is 0 Å². The van der Waals surface area contributed by atoms with Crippen molar-refractivity contribution >= 4 is 17.7 Å². The molecule has 1 aromatic rings. The molecule has 6 heteroatoms. The molecular formula is C7H5FN2O3. The van der Waals surface area contributed by atoms with Crippen LogP contribution in [0.1, 0.15) is 10.4 Å². The lowest BCUT2D eigenvalue weighted by Gasteiger charge is -1.98. The average molecular weight is 184 g/mol. The highest BCUT2D eigenvalue weighted by Crippen LogP contribution is 2.22. The molecule has 0 atom stereocenters. The summed E-state index contributed by atoms with van der Waals surface area (Å²) in [6, 6.07) is 1.56. The summed E-state index contributed by atoms with van der Waals surface area (Å²) in [6.45, 7) is 0. The molecule has 0 heterocycles. The van der Waals surface area contributed by atoms with Crippen LogP contribution < -0.4 is 5.73 Å². The Kier molecular flexibility index (Phi) is 2.23.